The van der Waals surface area contributed by atoms with Crippen molar-refractivity contribution >= 4 is 16.7 Å². The van der Waals surface area contributed by atoms with Crippen LogP contribution in [0.3, 0.4) is 0 Å². The molecular weight excluding hydrogens is 250 g/mol. The average Bonchev–Trinajstić information content (AvgIpc) is 2.46. The molecule has 102 valence electrons. The lowest BCUT2D eigenvalue weighted by molar-refractivity contribution is 0.0232. The van der Waals surface area contributed by atoms with E-state index in [0.717, 1.165) is 36.2 Å². The number of benzene rings is 1. The number of anilines is 1. The average molecular weight is 267 g/mol. The smallest absolute Gasteiger partial charge is 0.128 e. The molecule has 1 aromatic carbocycles. The summed E-state index contributed by atoms with van der Waals surface area (Å²) in [5.74, 6) is 0.777. The number of para-hydroxylation sites is 1. The van der Waals surface area contributed by atoms with Crippen LogP contribution in [0.5, 0.6) is 0 Å². The van der Waals surface area contributed by atoms with Gasteiger partial charge in [0, 0.05) is 18.0 Å². The normalized spacial score (nSPS) is 22.4. The van der Waals surface area contributed by atoms with Crippen molar-refractivity contribution in [1.82, 2.24) is 4.98 Å². The maximum absolute atomic E-state index is 9.28. The molecule has 20 heavy (non-hydrogen) atoms. The molecule has 0 bridgehead atoms. The quantitative estimate of drug-likeness (QED) is 0.908. The first-order valence-electron chi connectivity index (χ1n) is 6.94. The minimum Gasteiger partial charge on any atom is -0.378 e. The number of hydrogen-bond acceptors (Lipinski definition) is 4. The first kappa shape index (κ1) is 12.9. The highest BCUT2D eigenvalue weighted by Crippen LogP contribution is 2.22. The van der Waals surface area contributed by atoms with Crippen molar-refractivity contribution in [3.05, 3.63) is 35.9 Å². The van der Waals surface area contributed by atoms with Crippen LogP contribution in [0.15, 0.2) is 30.3 Å². The lowest BCUT2D eigenvalue weighted by atomic mass is 10.0. The fourth-order valence-electron chi connectivity index (χ4n) is 2.68. The van der Waals surface area contributed by atoms with Crippen molar-refractivity contribution in [3.8, 4) is 6.07 Å². The Kier molecular flexibility index (Phi) is 3.53. The Morgan fingerprint density at radius 3 is 3.05 bits per heavy atom. The van der Waals surface area contributed by atoms with E-state index in [-0.39, 0.29) is 6.10 Å². The molecule has 2 atom stereocenters. The lowest BCUT2D eigenvalue weighted by Gasteiger charge is -2.28. The van der Waals surface area contributed by atoms with E-state index >= 15 is 0 Å². The van der Waals surface area contributed by atoms with E-state index in [4.69, 9.17) is 4.74 Å². The molecule has 0 aliphatic carbocycles. The van der Waals surface area contributed by atoms with Gasteiger partial charge in [-0.05, 0) is 31.9 Å². The summed E-state index contributed by atoms with van der Waals surface area (Å²) < 4.78 is 5.55. The number of fused-ring (bicyclic) bond motifs is 1. The van der Waals surface area contributed by atoms with E-state index < -0.39 is 0 Å². The highest BCUT2D eigenvalue weighted by molar-refractivity contribution is 5.86. The first-order valence-corrected chi connectivity index (χ1v) is 6.94. The van der Waals surface area contributed by atoms with Gasteiger partial charge in [-0.2, -0.15) is 5.26 Å². The third kappa shape index (κ3) is 2.59. The van der Waals surface area contributed by atoms with Crippen molar-refractivity contribution in [2.45, 2.75) is 31.9 Å². The van der Waals surface area contributed by atoms with E-state index in [1.807, 2.05) is 30.3 Å². The number of hydrogen-bond donors (Lipinski definition) is 1. The Balaban J connectivity index is 1.90. The van der Waals surface area contributed by atoms with Gasteiger partial charge in [0.15, 0.2) is 0 Å². The second-order valence-electron chi connectivity index (χ2n) is 5.23. The zero-order chi connectivity index (χ0) is 13.9. The third-order valence-corrected chi connectivity index (χ3v) is 3.67. The molecule has 1 fully saturated rings. The summed E-state index contributed by atoms with van der Waals surface area (Å²) in [6, 6.07) is 12.2. The Labute approximate surface area is 118 Å². The van der Waals surface area contributed by atoms with Crippen LogP contribution in [0, 0.1) is 11.3 Å². The topological polar surface area (TPSA) is 57.9 Å². The van der Waals surface area contributed by atoms with Gasteiger partial charge < -0.3 is 10.1 Å². The molecule has 4 nitrogen and oxygen atoms in total. The number of nitrogens with zero attached hydrogens (tertiary/aromatic N) is 2. The Morgan fingerprint density at radius 1 is 1.40 bits per heavy atom. The summed E-state index contributed by atoms with van der Waals surface area (Å²) in [5, 5.41) is 13.6. The van der Waals surface area contributed by atoms with Gasteiger partial charge in [-0.15, -0.1) is 0 Å². The molecule has 2 heterocycles. The van der Waals surface area contributed by atoms with Crippen molar-refractivity contribution in [2.75, 3.05) is 11.9 Å². The minimum absolute atomic E-state index is 0.275. The maximum atomic E-state index is 9.28. The van der Waals surface area contributed by atoms with Crippen LogP contribution in [0.2, 0.25) is 0 Å². The number of ether oxygens (including phenoxy) is 1. The number of pyridine rings is 1. The molecule has 4 heteroatoms. The van der Waals surface area contributed by atoms with Gasteiger partial charge in [0.2, 0.25) is 0 Å². The van der Waals surface area contributed by atoms with Crippen LogP contribution in [0.1, 0.15) is 25.3 Å². The Hall–Kier alpha value is -2.12. The summed E-state index contributed by atoms with van der Waals surface area (Å²) in [4.78, 5) is 4.60. The molecule has 1 N–H and O–H groups in total. The van der Waals surface area contributed by atoms with E-state index in [1.54, 1.807) is 0 Å². The highest BCUT2D eigenvalue weighted by Gasteiger charge is 2.19. The standard InChI is InChI=1S/C16H17N3O/c1-11-8-13(6-7-20-11)18-16-9-12(10-17)14-4-2-3-5-15(14)19-16/h2-5,9,11,13H,6-8H2,1H3,(H,18,19). The molecule has 1 aromatic heterocycles. The Morgan fingerprint density at radius 2 is 2.25 bits per heavy atom. The number of aromatic nitrogens is 1. The third-order valence-electron chi connectivity index (χ3n) is 3.67. The molecule has 1 saturated heterocycles. The number of nitriles is 1. The molecule has 0 spiro atoms. The number of nitrogens with one attached hydrogen (secondary N) is 1. The summed E-state index contributed by atoms with van der Waals surface area (Å²) in [6.45, 7) is 2.86. The van der Waals surface area contributed by atoms with Crippen LogP contribution in [0.25, 0.3) is 10.9 Å². The maximum Gasteiger partial charge on any atom is 0.128 e. The molecule has 0 radical (unpaired) electrons. The van der Waals surface area contributed by atoms with E-state index in [9.17, 15) is 5.26 Å². The van der Waals surface area contributed by atoms with Gasteiger partial charge in [0.05, 0.1) is 23.3 Å². The van der Waals surface area contributed by atoms with Crippen molar-refractivity contribution in [3.63, 3.8) is 0 Å². The summed E-state index contributed by atoms with van der Waals surface area (Å²) in [5.41, 5.74) is 1.52. The van der Waals surface area contributed by atoms with Crippen LogP contribution >= 0.6 is 0 Å². The second kappa shape index (κ2) is 5.48. The van der Waals surface area contributed by atoms with E-state index in [2.05, 4.69) is 23.3 Å². The monoisotopic (exact) mass is 267 g/mol. The van der Waals surface area contributed by atoms with Crippen LogP contribution < -0.4 is 5.32 Å². The lowest BCUT2D eigenvalue weighted by Crippen LogP contribution is -2.32. The minimum atomic E-state index is 0.275. The first-order chi connectivity index (χ1) is 9.76. The number of rotatable bonds is 2. The Bertz CT molecular complexity index is 662. The zero-order valence-corrected chi connectivity index (χ0v) is 11.5. The van der Waals surface area contributed by atoms with Crippen molar-refractivity contribution in [1.29, 1.82) is 5.26 Å². The fraction of sp³-hybridized carbons (Fsp3) is 0.375. The molecule has 2 unspecified atom stereocenters. The fourth-order valence-corrected chi connectivity index (χ4v) is 2.68. The molecule has 0 amide bonds. The van der Waals surface area contributed by atoms with Gasteiger partial charge in [-0.3, -0.25) is 0 Å². The molecule has 2 aromatic rings. The molecule has 0 saturated carbocycles. The van der Waals surface area contributed by atoms with Gasteiger partial charge in [0.25, 0.3) is 0 Å². The zero-order valence-electron chi connectivity index (χ0n) is 11.5. The molecular formula is C16H17N3O. The van der Waals surface area contributed by atoms with Crippen molar-refractivity contribution < 1.29 is 4.74 Å². The van der Waals surface area contributed by atoms with Gasteiger partial charge >= 0.3 is 0 Å². The van der Waals surface area contributed by atoms with Gasteiger partial charge in [-0.25, -0.2) is 4.98 Å². The van der Waals surface area contributed by atoms with Crippen LogP contribution in [0.4, 0.5) is 5.82 Å². The summed E-state index contributed by atoms with van der Waals surface area (Å²) >= 11 is 0. The largest absolute Gasteiger partial charge is 0.378 e. The van der Waals surface area contributed by atoms with Crippen LogP contribution in [-0.2, 0) is 4.74 Å². The van der Waals surface area contributed by atoms with E-state index in [1.165, 1.54) is 0 Å². The highest BCUT2D eigenvalue weighted by atomic mass is 16.5. The van der Waals surface area contributed by atoms with Crippen LogP contribution in [-0.4, -0.2) is 23.7 Å². The van der Waals surface area contributed by atoms with Crippen molar-refractivity contribution in [2.24, 2.45) is 0 Å². The second-order valence-corrected chi connectivity index (χ2v) is 5.23. The van der Waals surface area contributed by atoms with Gasteiger partial charge in [0.1, 0.15) is 5.82 Å². The summed E-state index contributed by atoms with van der Waals surface area (Å²) in [6.07, 6.45) is 2.22. The SMILES string of the molecule is CC1CC(Nc2cc(C#N)c3ccccc3n2)CCO1. The van der Waals surface area contributed by atoms with E-state index in [0.29, 0.717) is 11.6 Å². The molecule has 3 rings (SSSR count). The predicted molar refractivity (Wildman–Crippen MR) is 78.5 cm³/mol. The predicted octanol–water partition coefficient (Wildman–Crippen LogP) is 3.09. The van der Waals surface area contributed by atoms with Gasteiger partial charge in [-0.1, -0.05) is 18.2 Å². The molecule has 1 aliphatic heterocycles. The summed E-state index contributed by atoms with van der Waals surface area (Å²) in [7, 11) is 0. The molecule has 1 aliphatic rings.